The van der Waals surface area contributed by atoms with Crippen LogP contribution < -0.4 is 0 Å². The molecule has 0 radical (unpaired) electrons. The highest BCUT2D eigenvalue weighted by Crippen LogP contribution is 2.26. The van der Waals surface area contributed by atoms with Gasteiger partial charge in [0.25, 0.3) is 11.8 Å². The summed E-state index contributed by atoms with van der Waals surface area (Å²) in [6.07, 6.45) is 0.316. The summed E-state index contributed by atoms with van der Waals surface area (Å²) in [5.74, 6) is -1.07. The zero-order valence-electron chi connectivity index (χ0n) is 16.7. The predicted octanol–water partition coefficient (Wildman–Crippen LogP) is 3.60. The molecule has 1 heterocycles. The van der Waals surface area contributed by atoms with Crippen LogP contribution in [0.25, 0.3) is 0 Å². The molecule has 0 spiro atoms. The highest BCUT2D eigenvalue weighted by Gasteiger charge is 2.39. The third-order valence-electron chi connectivity index (χ3n) is 4.74. The highest BCUT2D eigenvalue weighted by atomic mass is 16.5. The van der Waals surface area contributed by atoms with Gasteiger partial charge in [-0.1, -0.05) is 42.5 Å². The molecule has 0 fully saturated rings. The molecule has 3 rings (SSSR count). The van der Waals surface area contributed by atoms with Crippen LogP contribution in [0.4, 0.5) is 0 Å². The van der Waals surface area contributed by atoms with Crippen LogP contribution in [0, 0.1) is 0 Å². The fourth-order valence-electron chi connectivity index (χ4n) is 3.22. The molecule has 1 aliphatic rings. The molecule has 152 valence electrons. The van der Waals surface area contributed by atoms with Crippen molar-refractivity contribution in [3.63, 3.8) is 0 Å². The minimum absolute atomic E-state index is 0.0577. The molecule has 2 amide bonds. The molecule has 0 N–H and O–H groups in total. The lowest BCUT2D eigenvalue weighted by Gasteiger charge is -2.26. The van der Waals surface area contributed by atoms with Crippen LogP contribution in [0.1, 0.15) is 53.0 Å². The Morgan fingerprint density at radius 1 is 0.931 bits per heavy atom. The summed E-state index contributed by atoms with van der Waals surface area (Å²) >= 11 is 0. The summed E-state index contributed by atoms with van der Waals surface area (Å²) in [6, 6.07) is 15.6. The van der Waals surface area contributed by atoms with Crippen molar-refractivity contribution in [2.24, 2.45) is 0 Å². The summed E-state index contributed by atoms with van der Waals surface area (Å²) in [5.41, 5.74) is 1.68. The molecule has 0 saturated carbocycles. The first-order valence-corrected chi connectivity index (χ1v) is 9.75. The lowest BCUT2D eigenvalue weighted by atomic mass is 10.1. The largest absolute Gasteiger partial charge is 0.461 e. The first-order valence-electron chi connectivity index (χ1n) is 9.75. The van der Waals surface area contributed by atoms with E-state index in [2.05, 4.69) is 0 Å². The van der Waals surface area contributed by atoms with E-state index in [-0.39, 0.29) is 49.9 Å². The average Bonchev–Trinajstić information content (AvgIpc) is 2.98. The number of benzene rings is 2. The Morgan fingerprint density at radius 2 is 1.52 bits per heavy atom. The van der Waals surface area contributed by atoms with Crippen molar-refractivity contribution in [3.05, 3.63) is 71.3 Å². The van der Waals surface area contributed by atoms with Crippen molar-refractivity contribution >= 4 is 17.8 Å². The Balaban J connectivity index is 1.64. The number of ether oxygens (including phenoxy) is 2. The van der Waals surface area contributed by atoms with Crippen molar-refractivity contribution in [2.75, 3.05) is 6.61 Å². The maximum atomic E-state index is 12.8. The Morgan fingerprint density at radius 3 is 2.10 bits per heavy atom. The molecule has 1 atom stereocenters. The van der Waals surface area contributed by atoms with Gasteiger partial charge in [-0.25, -0.2) is 0 Å². The van der Waals surface area contributed by atoms with E-state index < -0.39 is 6.04 Å². The minimum atomic E-state index is -0.533. The van der Waals surface area contributed by atoms with E-state index in [1.807, 2.05) is 44.2 Å². The Hall–Kier alpha value is -2.99. The number of amides is 2. The zero-order chi connectivity index (χ0) is 20.8. The van der Waals surface area contributed by atoms with Crippen molar-refractivity contribution in [2.45, 2.75) is 45.4 Å². The molecule has 2 aromatic rings. The molecular weight excluding hydrogens is 370 g/mol. The number of imide groups is 1. The maximum Gasteiger partial charge on any atom is 0.306 e. The van der Waals surface area contributed by atoms with Crippen molar-refractivity contribution < 1.29 is 23.9 Å². The number of fused-ring (bicyclic) bond motifs is 1. The number of hydrogen-bond acceptors (Lipinski definition) is 5. The van der Waals surface area contributed by atoms with E-state index in [1.54, 1.807) is 24.3 Å². The topological polar surface area (TPSA) is 72.9 Å². The molecule has 6 heteroatoms. The van der Waals surface area contributed by atoms with Gasteiger partial charge < -0.3 is 9.47 Å². The van der Waals surface area contributed by atoms with Gasteiger partial charge in [0.15, 0.2) is 0 Å². The standard InChI is InChI=1S/C23H25NO5/c1-16(2)28-15-18(12-13-21(25)29-14-17-8-4-3-5-9-17)24-22(26)19-10-6-7-11-20(19)23(24)27/h3-11,16,18H,12-15H2,1-2H3. The highest BCUT2D eigenvalue weighted by molar-refractivity contribution is 6.21. The van der Waals surface area contributed by atoms with E-state index in [0.717, 1.165) is 5.56 Å². The van der Waals surface area contributed by atoms with Crippen LogP contribution >= 0.6 is 0 Å². The summed E-state index contributed by atoms with van der Waals surface area (Å²) in [5, 5.41) is 0. The molecule has 0 bridgehead atoms. The van der Waals surface area contributed by atoms with Crippen LogP contribution in [0.2, 0.25) is 0 Å². The second-order valence-corrected chi connectivity index (χ2v) is 7.25. The molecule has 2 aromatic carbocycles. The zero-order valence-corrected chi connectivity index (χ0v) is 16.7. The van der Waals surface area contributed by atoms with Crippen LogP contribution in [-0.4, -0.2) is 41.4 Å². The van der Waals surface area contributed by atoms with Gasteiger partial charge in [0.1, 0.15) is 6.61 Å². The Bertz CT molecular complexity index is 843. The smallest absolute Gasteiger partial charge is 0.306 e. The van der Waals surface area contributed by atoms with Crippen molar-refractivity contribution in [3.8, 4) is 0 Å². The molecule has 29 heavy (non-hydrogen) atoms. The lowest BCUT2D eigenvalue weighted by Crippen LogP contribution is -2.43. The molecule has 1 unspecified atom stereocenters. The number of esters is 1. The monoisotopic (exact) mass is 395 g/mol. The molecule has 6 nitrogen and oxygen atoms in total. The first kappa shape index (κ1) is 20.7. The number of rotatable bonds is 9. The van der Waals surface area contributed by atoms with E-state index in [4.69, 9.17) is 9.47 Å². The van der Waals surface area contributed by atoms with Crippen LogP contribution in [0.3, 0.4) is 0 Å². The van der Waals surface area contributed by atoms with Crippen molar-refractivity contribution in [1.29, 1.82) is 0 Å². The van der Waals surface area contributed by atoms with Gasteiger partial charge >= 0.3 is 5.97 Å². The third-order valence-corrected chi connectivity index (χ3v) is 4.74. The number of hydrogen-bond donors (Lipinski definition) is 0. The van der Waals surface area contributed by atoms with Gasteiger partial charge in [-0.3, -0.25) is 19.3 Å². The number of nitrogens with zero attached hydrogens (tertiary/aromatic N) is 1. The summed E-state index contributed by atoms with van der Waals surface area (Å²) in [6.45, 7) is 4.13. The number of carbonyl (C=O) groups is 3. The second kappa shape index (κ2) is 9.47. The van der Waals surface area contributed by atoms with E-state index in [9.17, 15) is 14.4 Å². The molecular formula is C23H25NO5. The lowest BCUT2D eigenvalue weighted by molar-refractivity contribution is -0.145. The number of carbonyl (C=O) groups excluding carboxylic acids is 3. The summed E-state index contributed by atoms with van der Waals surface area (Å²) in [4.78, 5) is 39.0. The normalized spacial score (nSPS) is 14.2. The Kier molecular flexibility index (Phi) is 6.77. The van der Waals surface area contributed by atoms with Gasteiger partial charge in [-0.15, -0.1) is 0 Å². The van der Waals surface area contributed by atoms with Crippen molar-refractivity contribution in [1.82, 2.24) is 4.90 Å². The second-order valence-electron chi connectivity index (χ2n) is 7.25. The maximum absolute atomic E-state index is 12.8. The SMILES string of the molecule is CC(C)OCC(CCC(=O)OCc1ccccc1)N1C(=O)c2ccccc2C1=O. The van der Waals surface area contributed by atoms with Crippen LogP contribution in [0.5, 0.6) is 0 Å². The van der Waals surface area contributed by atoms with Gasteiger partial charge in [0.05, 0.1) is 29.9 Å². The van der Waals surface area contributed by atoms with Gasteiger partial charge in [0, 0.05) is 6.42 Å². The quantitative estimate of drug-likeness (QED) is 0.479. The van der Waals surface area contributed by atoms with Crippen LogP contribution in [0.15, 0.2) is 54.6 Å². The summed E-state index contributed by atoms with van der Waals surface area (Å²) < 4.78 is 11.0. The molecule has 0 saturated heterocycles. The molecule has 0 aliphatic carbocycles. The predicted molar refractivity (Wildman–Crippen MR) is 107 cm³/mol. The summed E-state index contributed by atoms with van der Waals surface area (Å²) in [7, 11) is 0. The van der Waals surface area contributed by atoms with Gasteiger partial charge in [0.2, 0.25) is 0 Å². The van der Waals surface area contributed by atoms with Gasteiger partial charge in [-0.2, -0.15) is 0 Å². The third kappa shape index (κ3) is 5.09. The Labute approximate surface area is 170 Å². The molecule has 0 aromatic heterocycles. The average molecular weight is 395 g/mol. The molecule has 1 aliphatic heterocycles. The van der Waals surface area contributed by atoms with Gasteiger partial charge in [-0.05, 0) is 38.0 Å². The minimum Gasteiger partial charge on any atom is -0.461 e. The van der Waals surface area contributed by atoms with E-state index in [0.29, 0.717) is 11.1 Å². The van der Waals surface area contributed by atoms with E-state index in [1.165, 1.54) is 4.90 Å². The fourth-order valence-corrected chi connectivity index (χ4v) is 3.22. The van der Waals surface area contributed by atoms with Crippen LogP contribution in [-0.2, 0) is 20.9 Å². The fraction of sp³-hybridized carbons (Fsp3) is 0.348. The van der Waals surface area contributed by atoms with E-state index >= 15 is 0 Å². The first-order chi connectivity index (χ1) is 14.0.